The zero-order chi connectivity index (χ0) is 33.9. The Morgan fingerprint density at radius 2 is 1.82 bits per heavy atom. The smallest absolute Gasteiger partial charge is 0.335 e. The fourth-order valence-electron chi connectivity index (χ4n) is 6.37. The summed E-state index contributed by atoms with van der Waals surface area (Å²) in [4.78, 5) is 18.5. The van der Waals surface area contributed by atoms with Gasteiger partial charge >= 0.3 is 5.97 Å². The average molecular weight is 663 g/mol. The van der Waals surface area contributed by atoms with Crippen molar-refractivity contribution in [2.24, 2.45) is 12.1 Å². The minimum absolute atomic E-state index is 0.0127. The van der Waals surface area contributed by atoms with Crippen LogP contribution < -0.4 is 10.2 Å². The number of nitrogens with one attached hydrogen (secondary N) is 1. The summed E-state index contributed by atoms with van der Waals surface area (Å²) in [5, 5.41) is 15.8. The van der Waals surface area contributed by atoms with E-state index in [4.69, 9.17) is 19.2 Å². The molecule has 1 unspecified atom stereocenters. The van der Waals surface area contributed by atoms with E-state index in [0.29, 0.717) is 26.2 Å². The third-order valence-corrected chi connectivity index (χ3v) is 9.39. The topological polar surface area (TPSA) is 114 Å². The van der Waals surface area contributed by atoms with Gasteiger partial charge in [-0.25, -0.2) is 20.3 Å². The number of hydrogen-bond acceptors (Lipinski definition) is 9. The Bertz CT molecular complexity index is 1960. The number of carboxylic acids is 1. The molecule has 11 nitrogen and oxygen atoms in total. The van der Waals surface area contributed by atoms with Crippen LogP contribution in [0.25, 0.3) is 11.0 Å². The number of imidazole rings is 1. The highest BCUT2D eigenvalue weighted by atomic mass is 16.5. The van der Waals surface area contributed by atoms with Gasteiger partial charge < -0.3 is 28.8 Å². The van der Waals surface area contributed by atoms with Crippen molar-refractivity contribution in [2.75, 3.05) is 40.5 Å². The largest absolute Gasteiger partial charge is 0.493 e. The highest BCUT2D eigenvalue weighted by Crippen LogP contribution is 2.34. The van der Waals surface area contributed by atoms with Crippen molar-refractivity contribution in [3.8, 4) is 5.75 Å². The van der Waals surface area contributed by atoms with E-state index < -0.39 is 5.97 Å². The molecule has 2 N–H and O–H groups in total. The first-order chi connectivity index (χ1) is 23.8. The van der Waals surface area contributed by atoms with Crippen LogP contribution in [0.15, 0.2) is 83.8 Å². The van der Waals surface area contributed by atoms with Gasteiger partial charge in [-0.2, -0.15) is 5.10 Å². The number of aromatic nitrogens is 2. The van der Waals surface area contributed by atoms with Crippen LogP contribution in [0.5, 0.6) is 5.75 Å². The molecule has 0 spiro atoms. The van der Waals surface area contributed by atoms with Gasteiger partial charge in [0.25, 0.3) is 0 Å². The summed E-state index contributed by atoms with van der Waals surface area (Å²) in [6.45, 7) is 3.73. The second kappa shape index (κ2) is 14.2. The first kappa shape index (κ1) is 32.4. The Hall–Kier alpha value is -5.13. The molecule has 0 aliphatic carbocycles. The monoisotopic (exact) mass is 662 g/mol. The van der Waals surface area contributed by atoms with Crippen molar-refractivity contribution < 1.29 is 24.1 Å². The number of hydrazone groups is 1. The van der Waals surface area contributed by atoms with Gasteiger partial charge in [0.2, 0.25) is 0 Å². The first-order valence-electron chi connectivity index (χ1n) is 16.8. The summed E-state index contributed by atoms with van der Waals surface area (Å²) < 4.78 is 19.7. The number of carboxylic acid groups (broad SMARTS) is 1. The molecule has 4 bridgehead atoms. The van der Waals surface area contributed by atoms with Gasteiger partial charge in [0.1, 0.15) is 18.2 Å². The van der Waals surface area contributed by atoms with E-state index in [1.54, 1.807) is 23.3 Å². The van der Waals surface area contributed by atoms with Crippen LogP contribution in [0.2, 0.25) is 0 Å². The molecule has 0 radical (unpaired) electrons. The third kappa shape index (κ3) is 7.04. The predicted molar refractivity (Wildman–Crippen MR) is 187 cm³/mol. The number of fused-ring (bicyclic) bond motifs is 7. The number of hydrazine groups is 1. The number of allylic oxidation sites excluding steroid dienone is 2. The van der Waals surface area contributed by atoms with Crippen molar-refractivity contribution in [1.29, 1.82) is 0 Å². The van der Waals surface area contributed by atoms with Gasteiger partial charge in [-0.3, -0.25) is 0 Å². The van der Waals surface area contributed by atoms with E-state index >= 15 is 0 Å². The van der Waals surface area contributed by atoms with E-state index in [1.165, 1.54) is 12.0 Å². The van der Waals surface area contributed by atoms with E-state index in [0.717, 1.165) is 82.5 Å². The van der Waals surface area contributed by atoms with Crippen LogP contribution in [0, 0.1) is 0 Å². The van der Waals surface area contributed by atoms with Crippen molar-refractivity contribution >= 4 is 22.7 Å². The fraction of sp³-hybridized carbons (Fsp3) is 0.342. The van der Waals surface area contributed by atoms with Crippen LogP contribution in [0.3, 0.4) is 0 Å². The molecule has 254 valence electrons. The molecule has 3 aromatic carbocycles. The number of aryl methyl sites for hydroxylation is 2. The molecule has 4 aliphatic heterocycles. The second-order valence-electron chi connectivity index (χ2n) is 12.7. The number of likely N-dealkylation sites (N-methyl/N-ethyl adjacent to an activating group) is 1. The van der Waals surface area contributed by atoms with Gasteiger partial charge in [-0.1, -0.05) is 36.4 Å². The number of hydrogen-bond donors (Lipinski definition) is 2. The second-order valence-corrected chi connectivity index (χ2v) is 12.7. The standard InChI is InChI=1S/C35H36N6O4.C3H6O/c1-39-31-17-26(35(42)43)13-14-28(31)37-33(39)19-25-11-10-24-18-32(25)44-15-5-6-22-16-23(29-20-36-41(3)38-29)9-12-27(22)21-45-34-8-4-7-30(24)40(34)2;1-2-4-3-1/h4,7-14,16-18,30,36H,5-6,15,19-21H2,1-3H3,(H,42,43);1-3H2. The Kier molecular flexibility index (Phi) is 9.36. The normalized spacial score (nSPS) is 18.6. The van der Waals surface area contributed by atoms with Gasteiger partial charge in [0.05, 0.1) is 41.5 Å². The summed E-state index contributed by atoms with van der Waals surface area (Å²) in [7, 11) is 5.88. The lowest BCUT2D eigenvalue weighted by molar-refractivity contribution is 0.0367. The quantitative estimate of drug-likeness (QED) is 0.299. The maximum atomic E-state index is 11.6. The van der Waals surface area contributed by atoms with Crippen LogP contribution in [-0.4, -0.2) is 76.8 Å². The molecular weight excluding hydrogens is 620 g/mol. The average Bonchev–Trinajstić information content (AvgIpc) is 3.64. The highest BCUT2D eigenvalue weighted by molar-refractivity contribution is 6.02. The Balaban J connectivity index is 0.000000883. The molecule has 1 aromatic heterocycles. The fourth-order valence-corrected chi connectivity index (χ4v) is 6.37. The number of ether oxygens (including phenoxy) is 3. The van der Waals surface area contributed by atoms with Gasteiger partial charge in [-0.15, -0.1) is 0 Å². The molecule has 1 saturated heterocycles. The maximum absolute atomic E-state index is 11.6. The highest BCUT2D eigenvalue weighted by Gasteiger charge is 2.24. The molecule has 0 amide bonds. The Morgan fingerprint density at radius 3 is 2.57 bits per heavy atom. The molecule has 8 rings (SSSR count). The summed E-state index contributed by atoms with van der Waals surface area (Å²) in [6.07, 6.45) is 9.73. The number of aromatic carboxylic acids is 1. The lowest BCUT2D eigenvalue weighted by Gasteiger charge is -2.32. The van der Waals surface area contributed by atoms with Gasteiger partial charge in [-0.05, 0) is 77.9 Å². The van der Waals surface area contributed by atoms with Crippen LogP contribution in [0.4, 0.5) is 0 Å². The molecule has 49 heavy (non-hydrogen) atoms. The zero-order valence-electron chi connectivity index (χ0n) is 28.2. The van der Waals surface area contributed by atoms with Crippen molar-refractivity contribution in [1.82, 2.24) is 25.0 Å². The minimum Gasteiger partial charge on any atom is -0.493 e. The molecule has 4 aromatic rings. The van der Waals surface area contributed by atoms with Crippen molar-refractivity contribution in [2.45, 2.75) is 38.3 Å². The summed E-state index contributed by atoms with van der Waals surface area (Å²) >= 11 is 0. The molecular formula is C38H42N6O5. The van der Waals surface area contributed by atoms with Crippen molar-refractivity contribution in [3.63, 3.8) is 0 Å². The molecule has 5 heterocycles. The van der Waals surface area contributed by atoms with Crippen LogP contribution >= 0.6 is 0 Å². The van der Waals surface area contributed by atoms with E-state index in [1.807, 2.05) is 24.7 Å². The van der Waals surface area contributed by atoms with Gasteiger partial charge in [0, 0.05) is 46.3 Å². The summed E-state index contributed by atoms with van der Waals surface area (Å²) in [6, 6.07) is 17.9. The first-order valence-corrected chi connectivity index (χ1v) is 16.8. The SMILES string of the molecule is C1COC1.CN1N=C(c2ccc3c(c2)CCCOc2cc(ccc2Cc2nc4ccc(C(=O)O)cc4n2C)C2C=CC=C(OC3)N2C)CN1. The van der Waals surface area contributed by atoms with Crippen LogP contribution in [0.1, 0.15) is 62.9 Å². The summed E-state index contributed by atoms with van der Waals surface area (Å²) in [5.41, 5.74) is 11.7. The Morgan fingerprint density at radius 1 is 0.980 bits per heavy atom. The molecule has 1 fully saturated rings. The molecule has 11 heteroatoms. The van der Waals surface area contributed by atoms with E-state index in [-0.39, 0.29) is 11.6 Å². The van der Waals surface area contributed by atoms with Gasteiger partial charge in [0.15, 0.2) is 5.88 Å². The summed E-state index contributed by atoms with van der Waals surface area (Å²) in [5.74, 6) is 1.52. The number of rotatable bonds is 4. The van der Waals surface area contributed by atoms with Crippen LogP contribution in [-0.2, 0) is 36.0 Å². The van der Waals surface area contributed by atoms with E-state index in [9.17, 15) is 9.90 Å². The number of benzene rings is 3. The lowest BCUT2D eigenvalue weighted by Crippen LogP contribution is -2.26. The third-order valence-electron chi connectivity index (χ3n) is 9.39. The maximum Gasteiger partial charge on any atom is 0.335 e. The zero-order valence-corrected chi connectivity index (χ0v) is 28.2. The number of carbonyl (C=O) groups is 1. The van der Waals surface area contributed by atoms with Crippen molar-refractivity contribution in [3.05, 3.63) is 118 Å². The minimum atomic E-state index is -0.952. The molecule has 0 saturated carbocycles. The van der Waals surface area contributed by atoms with E-state index in [2.05, 4.69) is 71.0 Å². The number of nitrogens with zero attached hydrogens (tertiary/aromatic N) is 5. The Labute approximate surface area is 286 Å². The molecule has 1 atom stereocenters. The lowest BCUT2D eigenvalue weighted by atomic mass is 9.98. The molecule has 4 aliphatic rings. The predicted octanol–water partition coefficient (Wildman–Crippen LogP) is 5.35.